The van der Waals surface area contributed by atoms with E-state index in [1.165, 1.54) is 18.4 Å². The molecule has 1 atom stereocenters. The Morgan fingerprint density at radius 1 is 1.09 bits per heavy atom. The highest BCUT2D eigenvalue weighted by Gasteiger charge is 2.32. The summed E-state index contributed by atoms with van der Waals surface area (Å²) >= 11 is 1.47. The third-order valence-corrected chi connectivity index (χ3v) is 6.54. The molecule has 0 radical (unpaired) electrons. The number of methoxy groups -OCH3 is 1. The van der Waals surface area contributed by atoms with Crippen molar-refractivity contribution >= 4 is 29.2 Å². The number of carbonyl (C=O) groups excluding carboxylic acids is 3. The lowest BCUT2D eigenvalue weighted by molar-refractivity contribution is -0.154. The molecule has 6 nitrogen and oxygen atoms in total. The van der Waals surface area contributed by atoms with Crippen LogP contribution in [0.2, 0.25) is 0 Å². The maximum Gasteiger partial charge on any atom is 0.339 e. The zero-order valence-electron chi connectivity index (χ0n) is 19.1. The lowest BCUT2D eigenvalue weighted by Gasteiger charge is -2.22. The summed E-state index contributed by atoms with van der Waals surface area (Å²) in [6, 6.07) is 9.57. The van der Waals surface area contributed by atoms with Crippen LogP contribution in [0.4, 0.5) is 0 Å². The van der Waals surface area contributed by atoms with Gasteiger partial charge in [0.05, 0.1) is 19.1 Å². The molecule has 0 bridgehead atoms. The highest BCUT2D eigenvalue weighted by atomic mass is 32.1. The lowest BCUT2D eigenvalue weighted by Crippen LogP contribution is -2.25. The van der Waals surface area contributed by atoms with Crippen molar-refractivity contribution in [1.82, 2.24) is 0 Å². The minimum atomic E-state index is -0.593. The van der Waals surface area contributed by atoms with Crippen molar-refractivity contribution in [3.8, 4) is 0 Å². The summed E-state index contributed by atoms with van der Waals surface area (Å²) in [4.78, 5) is 39.1. The molecule has 0 amide bonds. The quantitative estimate of drug-likeness (QED) is 0.444. The zero-order valence-corrected chi connectivity index (χ0v) is 19.9. The number of thiophene rings is 1. The van der Waals surface area contributed by atoms with Crippen LogP contribution < -0.4 is 0 Å². The van der Waals surface area contributed by atoms with Crippen molar-refractivity contribution in [3.05, 3.63) is 56.8 Å². The van der Waals surface area contributed by atoms with Crippen molar-refractivity contribution in [2.75, 3.05) is 7.11 Å². The normalized spacial score (nSPS) is 15.6. The first-order chi connectivity index (χ1) is 15.2. The van der Waals surface area contributed by atoms with Gasteiger partial charge in [0.15, 0.2) is 0 Å². The van der Waals surface area contributed by atoms with Gasteiger partial charge in [0.25, 0.3) is 0 Å². The monoisotopic (exact) mass is 458 g/mol. The first-order valence-corrected chi connectivity index (χ1v) is 11.6. The molecular formula is C25H30O6S. The van der Waals surface area contributed by atoms with Crippen LogP contribution in [0.15, 0.2) is 30.3 Å². The number of benzene rings is 1. The lowest BCUT2D eigenvalue weighted by atomic mass is 9.84. The second-order valence-corrected chi connectivity index (χ2v) is 10.2. The van der Waals surface area contributed by atoms with Crippen molar-refractivity contribution in [3.63, 3.8) is 0 Å². The van der Waals surface area contributed by atoms with Gasteiger partial charge in [-0.1, -0.05) is 30.3 Å². The van der Waals surface area contributed by atoms with Crippen LogP contribution in [0.3, 0.4) is 0 Å². The summed E-state index contributed by atoms with van der Waals surface area (Å²) in [5.74, 6) is -0.986. The largest absolute Gasteiger partial charge is 0.465 e. The Hall–Kier alpha value is -2.67. The second-order valence-electron chi connectivity index (χ2n) is 9.02. The maximum absolute atomic E-state index is 12.6. The Bertz CT molecular complexity index is 970. The molecule has 0 N–H and O–H groups in total. The summed E-state index contributed by atoms with van der Waals surface area (Å²) in [5.41, 5.74) is 1.71. The molecule has 1 aromatic heterocycles. The van der Waals surface area contributed by atoms with E-state index in [4.69, 9.17) is 14.2 Å². The molecule has 0 aliphatic heterocycles. The average molecular weight is 459 g/mol. The first-order valence-electron chi connectivity index (χ1n) is 10.8. The molecule has 1 aliphatic carbocycles. The smallest absolute Gasteiger partial charge is 0.339 e. The Morgan fingerprint density at radius 2 is 1.81 bits per heavy atom. The fourth-order valence-corrected chi connectivity index (χ4v) is 5.22. The Balaban J connectivity index is 1.68. The summed E-state index contributed by atoms with van der Waals surface area (Å²) in [6.07, 6.45) is 2.51. The Morgan fingerprint density at radius 3 is 2.47 bits per heavy atom. The Labute approximate surface area is 192 Å². The predicted molar refractivity (Wildman–Crippen MR) is 122 cm³/mol. The van der Waals surface area contributed by atoms with Gasteiger partial charge in [-0.05, 0) is 57.1 Å². The van der Waals surface area contributed by atoms with Gasteiger partial charge in [0, 0.05) is 16.2 Å². The molecule has 3 rings (SSSR count). The second kappa shape index (κ2) is 10.3. The van der Waals surface area contributed by atoms with Gasteiger partial charge in [-0.25, -0.2) is 4.79 Å². The molecule has 0 spiro atoms. The van der Waals surface area contributed by atoms with Gasteiger partial charge in [-0.15, -0.1) is 11.3 Å². The van der Waals surface area contributed by atoms with E-state index >= 15 is 0 Å². The van der Waals surface area contributed by atoms with Crippen LogP contribution >= 0.6 is 11.3 Å². The average Bonchev–Trinajstić information content (AvgIpc) is 3.08. The highest BCUT2D eigenvalue weighted by molar-refractivity contribution is 7.12. The zero-order chi connectivity index (χ0) is 23.3. The standard InChI is InChI=1S/C25H30O6S/c1-25(2,3)31-22(27)14-20-23(24(28)29-4)18-12-17(10-11-19(18)32-20)13-21(26)30-15-16-8-6-5-7-9-16/h5-9,17H,10-15H2,1-4H3. The van der Waals surface area contributed by atoms with Crippen LogP contribution in [-0.4, -0.2) is 30.6 Å². The molecule has 1 unspecified atom stereocenters. The van der Waals surface area contributed by atoms with E-state index in [1.54, 1.807) is 0 Å². The number of aryl methyl sites for hydroxylation is 1. The van der Waals surface area contributed by atoms with Gasteiger partial charge in [0.1, 0.15) is 12.2 Å². The minimum Gasteiger partial charge on any atom is -0.465 e. The van der Waals surface area contributed by atoms with Crippen LogP contribution in [-0.2, 0) is 49.7 Å². The van der Waals surface area contributed by atoms with E-state index < -0.39 is 11.6 Å². The molecule has 32 heavy (non-hydrogen) atoms. The van der Waals surface area contributed by atoms with Gasteiger partial charge in [-0.3, -0.25) is 9.59 Å². The molecule has 2 aromatic rings. The van der Waals surface area contributed by atoms with Crippen LogP contribution in [0.1, 0.15) is 64.9 Å². The van der Waals surface area contributed by atoms with Gasteiger partial charge in [0.2, 0.25) is 0 Å². The van der Waals surface area contributed by atoms with Crippen LogP contribution in [0.5, 0.6) is 0 Å². The SMILES string of the molecule is COC(=O)c1c(CC(=O)OC(C)(C)C)sc2c1CC(CC(=O)OCc1ccccc1)CC2. The highest BCUT2D eigenvalue weighted by Crippen LogP contribution is 2.38. The molecular weight excluding hydrogens is 428 g/mol. The number of hydrogen-bond acceptors (Lipinski definition) is 7. The summed E-state index contributed by atoms with van der Waals surface area (Å²) < 4.78 is 15.9. The number of fused-ring (bicyclic) bond motifs is 1. The molecule has 1 heterocycles. The molecule has 0 saturated heterocycles. The fraction of sp³-hybridized carbons (Fsp3) is 0.480. The summed E-state index contributed by atoms with van der Waals surface area (Å²) in [7, 11) is 1.34. The van der Waals surface area contributed by atoms with Gasteiger partial charge >= 0.3 is 17.9 Å². The van der Waals surface area contributed by atoms with E-state index in [2.05, 4.69) is 0 Å². The molecule has 172 valence electrons. The third kappa shape index (κ3) is 6.42. The van der Waals surface area contributed by atoms with Crippen LogP contribution in [0, 0.1) is 5.92 Å². The number of hydrogen-bond donors (Lipinski definition) is 0. The molecule has 1 aromatic carbocycles. The number of esters is 3. The van der Waals surface area contributed by atoms with E-state index in [1.807, 2.05) is 51.1 Å². The number of carbonyl (C=O) groups is 3. The number of rotatable bonds is 7. The topological polar surface area (TPSA) is 78.9 Å². The number of ether oxygens (including phenoxy) is 3. The van der Waals surface area contributed by atoms with Gasteiger partial charge in [-0.2, -0.15) is 0 Å². The van der Waals surface area contributed by atoms with E-state index in [9.17, 15) is 14.4 Å². The first kappa shape index (κ1) is 24.0. The minimum absolute atomic E-state index is 0.0309. The molecule has 0 saturated carbocycles. The molecule has 1 aliphatic rings. The van der Waals surface area contributed by atoms with Crippen LogP contribution in [0.25, 0.3) is 0 Å². The van der Waals surface area contributed by atoms with E-state index in [0.717, 1.165) is 28.8 Å². The maximum atomic E-state index is 12.6. The van der Waals surface area contributed by atoms with E-state index in [-0.39, 0.29) is 30.9 Å². The van der Waals surface area contributed by atoms with Gasteiger partial charge < -0.3 is 14.2 Å². The van der Waals surface area contributed by atoms with E-state index in [0.29, 0.717) is 23.3 Å². The van der Waals surface area contributed by atoms with Crippen molar-refractivity contribution in [1.29, 1.82) is 0 Å². The molecule has 7 heteroatoms. The summed E-state index contributed by atoms with van der Waals surface area (Å²) in [6.45, 7) is 5.69. The third-order valence-electron chi connectivity index (χ3n) is 5.25. The van der Waals surface area contributed by atoms with Crippen molar-refractivity contribution < 1.29 is 28.6 Å². The fourth-order valence-electron chi connectivity index (χ4n) is 3.89. The van der Waals surface area contributed by atoms with Crippen molar-refractivity contribution in [2.24, 2.45) is 5.92 Å². The van der Waals surface area contributed by atoms with Crippen molar-refractivity contribution in [2.45, 2.75) is 65.1 Å². The molecule has 0 fully saturated rings. The predicted octanol–water partition coefficient (Wildman–Crippen LogP) is 4.66. The Kier molecular flexibility index (Phi) is 7.72. The summed E-state index contributed by atoms with van der Waals surface area (Å²) in [5, 5.41) is 0.